The van der Waals surface area contributed by atoms with Gasteiger partial charge in [-0.2, -0.15) is 0 Å². The second-order valence-corrected chi connectivity index (χ2v) is 12.3. The molecule has 4 rings (SSSR count). The molecule has 13 nitrogen and oxygen atoms in total. The van der Waals surface area contributed by atoms with Gasteiger partial charge >= 0.3 is 5.97 Å². The molecule has 48 heavy (non-hydrogen) atoms. The molecule has 0 saturated heterocycles. The Morgan fingerprint density at radius 3 is 2.69 bits per heavy atom. The molecule has 0 bridgehead atoms. The summed E-state index contributed by atoms with van der Waals surface area (Å²) < 4.78 is 22.1. The summed E-state index contributed by atoms with van der Waals surface area (Å²) in [5.41, 5.74) is 9.38. The maximum Gasteiger partial charge on any atom is 0.338 e. The number of carbonyl (C=O) groups is 2. The highest BCUT2D eigenvalue weighted by Crippen LogP contribution is 2.40. The molecule has 264 valence electrons. The quantitative estimate of drug-likeness (QED) is 0.122. The molecule has 0 aliphatic carbocycles. The lowest BCUT2D eigenvalue weighted by molar-refractivity contribution is -0.159. The zero-order valence-corrected chi connectivity index (χ0v) is 28.7. The fraction of sp³-hybridized carbons (Fsp3) is 0.571. The SMILES string of the molecule is CCCC1=C(c2cc(OC)cc(C(O)C(O)C(=O)OCC)c2N)N(C[C@H](C)CC[C@@H](CC)NCc2ccc3c(n2)NC(=O)CO3)CCO1. The van der Waals surface area contributed by atoms with E-state index in [1.54, 1.807) is 6.92 Å². The summed E-state index contributed by atoms with van der Waals surface area (Å²) >= 11 is 0. The Labute approximate surface area is 282 Å². The minimum absolute atomic E-state index is 0.00235. The number of benzene rings is 1. The number of pyridine rings is 1. The van der Waals surface area contributed by atoms with Crippen LogP contribution in [0.15, 0.2) is 30.0 Å². The first-order valence-corrected chi connectivity index (χ1v) is 16.9. The Morgan fingerprint density at radius 2 is 1.98 bits per heavy atom. The number of fused-ring (bicyclic) bond motifs is 1. The number of methoxy groups -OCH3 is 1. The number of ether oxygens (including phenoxy) is 4. The van der Waals surface area contributed by atoms with E-state index in [1.807, 2.05) is 18.2 Å². The third-order valence-corrected chi connectivity index (χ3v) is 8.65. The summed E-state index contributed by atoms with van der Waals surface area (Å²) in [6, 6.07) is 7.36. The van der Waals surface area contributed by atoms with Crippen LogP contribution in [0, 0.1) is 5.92 Å². The Bertz CT molecular complexity index is 1450. The summed E-state index contributed by atoms with van der Waals surface area (Å²) in [6.07, 6.45) is 0.977. The average Bonchev–Trinajstić information content (AvgIpc) is 3.08. The number of anilines is 2. The van der Waals surface area contributed by atoms with Crippen LogP contribution in [-0.4, -0.2) is 84.1 Å². The third kappa shape index (κ3) is 9.09. The molecule has 0 saturated carbocycles. The number of nitrogens with zero attached hydrogens (tertiary/aromatic N) is 2. The number of aromatic nitrogens is 1. The van der Waals surface area contributed by atoms with E-state index in [0.717, 1.165) is 49.4 Å². The van der Waals surface area contributed by atoms with E-state index in [4.69, 9.17) is 24.7 Å². The van der Waals surface area contributed by atoms with Gasteiger partial charge in [0.15, 0.2) is 24.3 Å². The first-order chi connectivity index (χ1) is 23.1. The van der Waals surface area contributed by atoms with Crippen molar-refractivity contribution >= 4 is 29.1 Å². The van der Waals surface area contributed by atoms with Gasteiger partial charge < -0.3 is 50.4 Å². The molecule has 2 unspecified atom stereocenters. The smallest absolute Gasteiger partial charge is 0.338 e. The molecular weight excluding hydrogens is 618 g/mol. The Balaban J connectivity index is 1.48. The lowest BCUT2D eigenvalue weighted by atomic mass is 9.94. The Hall–Kier alpha value is -4.07. The van der Waals surface area contributed by atoms with Crippen LogP contribution in [0.2, 0.25) is 0 Å². The molecule has 2 aliphatic rings. The highest BCUT2D eigenvalue weighted by Gasteiger charge is 2.32. The number of nitrogens with two attached hydrogens (primary N) is 1. The summed E-state index contributed by atoms with van der Waals surface area (Å²) in [5.74, 6) is 1.43. The molecular formula is C35H51N5O8. The number of aliphatic hydroxyl groups excluding tert-OH is 2. The maximum absolute atomic E-state index is 12.3. The van der Waals surface area contributed by atoms with E-state index < -0.39 is 18.2 Å². The summed E-state index contributed by atoms with van der Waals surface area (Å²) in [4.78, 5) is 30.8. The molecule has 6 N–H and O–H groups in total. The van der Waals surface area contributed by atoms with Crippen LogP contribution in [0.25, 0.3) is 5.70 Å². The zero-order chi connectivity index (χ0) is 34.8. The highest BCUT2D eigenvalue weighted by molar-refractivity contribution is 5.94. The number of hydrogen-bond acceptors (Lipinski definition) is 12. The fourth-order valence-electron chi connectivity index (χ4n) is 6.04. The number of aliphatic hydroxyl groups is 2. The van der Waals surface area contributed by atoms with Crippen molar-refractivity contribution in [2.75, 3.05) is 51.1 Å². The normalized spacial score (nSPS) is 17.0. The van der Waals surface area contributed by atoms with Crippen molar-refractivity contribution in [1.82, 2.24) is 15.2 Å². The number of rotatable bonds is 17. The number of nitrogen functional groups attached to an aromatic ring is 1. The maximum atomic E-state index is 12.3. The minimum Gasteiger partial charge on any atom is -0.497 e. The van der Waals surface area contributed by atoms with Crippen LogP contribution in [-0.2, 0) is 25.6 Å². The van der Waals surface area contributed by atoms with Crippen molar-refractivity contribution in [2.45, 2.75) is 84.6 Å². The molecule has 2 aliphatic heterocycles. The van der Waals surface area contributed by atoms with Gasteiger partial charge in [-0.05, 0) is 62.8 Å². The molecule has 13 heteroatoms. The molecule has 0 radical (unpaired) electrons. The van der Waals surface area contributed by atoms with Crippen LogP contribution in [0.5, 0.6) is 11.5 Å². The third-order valence-electron chi connectivity index (χ3n) is 8.65. The van der Waals surface area contributed by atoms with E-state index in [9.17, 15) is 19.8 Å². The largest absolute Gasteiger partial charge is 0.497 e. The van der Waals surface area contributed by atoms with Gasteiger partial charge in [-0.3, -0.25) is 4.79 Å². The van der Waals surface area contributed by atoms with Gasteiger partial charge in [0.1, 0.15) is 24.2 Å². The number of esters is 1. The van der Waals surface area contributed by atoms with Crippen LogP contribution >= 0.6 is 0 Å². The van der Waals surface area contributed by atoms with Gasteiger partial charge in [0.2, 0.25) is 0 Å². The summed E-state index contributed by atoms with van der Waals surface area (Å²) in [7, 11) is 1.51. The van der Waals surface area contributed by atoms with Crippen LogP contribution in [0.4, 0.5) is 11.5 Å². The number of nitrogens with one attached hydrogen (secondary N) is 2. The first kappa shape index (κ1) is 36.8. The molecule has 0 spiro atoms. The van der Waals surface area contributed by atoms with Crippen molar-refractivity contribution in [3.8, 4) is 11.5 Å². The van der Waals surface area contributed by atoms with E-state index in [2.05, 4.69) is 41.3 Å². The van der Waals surface area contributed by atoms with Crippen LogP contribution < -0.4 is 25.8 Å². The van der Waals surface area contributed by atoms with E-state index in [-0.39, 0.29) is 36.4 Å². The molecule has 0 fully saturated rings. The molecule has 3 heterocycles. The monoisotopic (exact) mass is 669 g/mol. The van der Waals surface area contributed by atoms with Gasteiger partial charge in [0, 0.05) is 42.4 Å². The van der Waals surface area contributed by atoms with Gasteiger partial charge in [-0.15, -0.1) is 0 Å². The fourth-order valence-corrected chi connectivity index (χ4v) is 6.04. The van der Waals surface area contributed by atoms with E-state index in [0.29, 0.717) is 54.9 Å². The molecule has 1 aromatic heterocycles. The van der Waals surface area contributed by atoms with Crippen molar-refractivity contribution in [3.05, 3.63) is 46.8 Å². The highest BCUT2D eigenvalue weighted by atomic mass is 16.5. The van der Waals surface area contributed by atoms with Gasteiger partial charge in [0.25, 0.3) is 5.91 Å². The second-order valence-electron chi connectivity index (χ2n) is 12.3. The van der Waals surface area contributed by atoms with Crippen molar-refractivity contribution in [1.29, 1.82) is 0 Å². The average molecular weight is 670 g/mol. The summed E-state index contributed by atoms with van der Waals surface area (Å²) in [5, 5.41) is 28.0. The van der Waals surface area contributed by atoms with Crippen LogP contribution in [0.3, 0.4) is 0 Å². The molecule has 2 aromatic rings. The van der Waals surface area contributed by atoms with Crippen LogP contribution in [0.1, 0.15) is 82.7 Å². The van der Waals surface area contributed by atoms with Gasteiger partial charge in [0.05, 0.1) is 31.7 Å². The Morgan fingerprint density at radius 1 is 1.19 bits per heavy atom. The summed E-state index contributed by atoms with van der Waals surface area (Å²) in [6.45, 7) is 10.7. The molecule has 1 amide bonds. The van der Waals surface area contributed by atoms with E-state index >= 15 is 0 Å². The lowest BCUT2D eigenvalue weighted by Gasteiger charge is -2.37. The van der Waals surface area contributed by atoms with Gasteiger partial charge in [-0.25, -0.2) is 9.78 Å². The number of hydrogen-bond donors (Lipinski definition) is 5. The minimum atomic E-state index is -1.81. The van der Waals surface area contributed by atoms with Crippen molar-refractivity contribution in [2.24, 2.45) is 5.92 Å². The Kier molecular flexibility index (Phi) is 13.3. The second kappa shape index (κ2) is 17.4. The number of carbonyl (C=O) groups excluding carboxylic acids is 2. The topological polar surface area (TPSA) is 178 Å². The molecule has 1 aromatic carbocycles. The van der Waals surface area contributed by atoms with Crippen molar-refractivity contribution in [3.63, 3.8) is 0 Å². The van der Waals surface area contributed by atoms with Crippen molar-refractivity contribution < 1.29 is 38.7 Å². The standard InChI is InChI=1S/C35H51N5O8/c1-6-9-27-31(25-16-24(45-5)17-26(30(25)36)32(42)33(43)35(44)46-8-3)40(14-15-47-27)19-21(4)10-11-22(7-2)37-18-23-12-13-28-34(38-23)39-29(41)20-48-28/h12-13,16-17,21-22,32-33,37,42-43H,6-11,14-15,18-20,36H2,1-5H3,(H,38,39,41)/t21-,22-,32?,33?/m1/s1. The molecule has 4 atom stereocenters. The predicted octanol–water partition coefficient (Wildman–Crippen LogP) is 3.75. The van der Waals surface area contributed by atoms with E-state index in [1.165, 1.54) is 13.2 Å². The predicted molar refractivity (Wildman–Crippen MR) is 182 cm³/mol. The zero-order valence-electron chi connectivity index (χ0n) is 28.7. The number of amides is 1. The lowest BCUT2D eigenvalue weighted by Crippen LogP contribution is -2.36. The number of allylic oxidation sites excluding steroid dienone is 1. The van der Waals surface area contributed by atoms with Gasteiger partial charge in [-0.1, -0.05) is 20.8 Å². The first-order valence-electron chi connectivity index (χ1n) is 16.9.